The van der Waals surface area contributed by atoms with Crippen molar-refractivity contribution in [2.24, 2.45) is 0 Å². The summed E-state index contributed by atoms with van der Waals surface area (Å²) in [6, 6.07) is 3.53. The minimum absolute atomic E-state index is 0.0884. The molecular weight excluding hydrogens is 454 g/mol. The summed E-state index contributed by atoms with van der Waals surface area (Å²) >= 11 is 2.38. The Morgan fingerprint density at radius 1 is 1.16 bits per heavy atom. The monoisotopic (exact) mass is 472 g/mol. The van der Waals surface area contributed by atoms with Gasteiger partial charge in [-0.2, -0.15) is 0 Å². The second-order valence-corrected chi connectivity index (χ2v) is 9.51. The summed E-state index contributed by atoms with van der Waals surface area (Å²) in [6.45, 7) is 2.41. The predicted octanol–water partition coefficient (Wildman–Crippen LogP) is 5.15. The molecule has 0 bridgehead atoms. The molecule has 1 aliphatic heterocycles. The number of hydrogen-bond acceptors (Lipinski definition) is 6. The first-order valence-electron chi connectivity index (χ1n) is 10.2. The van der Waals surface area contributed by atoms with Crippen LogP contribution in [0.5, 0.6) is 0 Å². The lowest BCUT2D eigenvalue weighted by Gasteiger charge is -2.08. The zero-order chi connectivity index (χ0) is 22.4. The van der Waals surface area contributed by atoms with Gasteiger partial charge >= 0.3 is 0 Å². The molecule has 0 radical (unpaired) electrons. The number of nitrogens with one attached hydrogen (secondary N) is 1. The van der Waals surface area contributed by atoms with Crippen LogP contribution in [0.2, 0.25) is 0 Å². The first-order valence-corrected chi connectivity index (χ1v) is 11.9. The number of thiazole rings is 1. The lowest BCUT2D eigenvalue weighted by Crippen LogP contribution is -2.24. The lowest BCUT2D eigenvalue weighted by molar-refractivity contribution is 0.103. The highest BCUT2D eigenvalue weighted by Gasteiger charge is 2.23. The molecule has 5 rings (SSSR count). The third-order valence-electron chi connectivity index (χ3n) is 5.56. The summed E-state index contributed by atoms with van der Waals surface area (Å²) in [6.07, 6.45) is 3.78. The number of carbonyl (C=O) groups is 1. The number of nitrogens with zero attached hydrogens (tertiary/aromatic N) is 3. The van der Waals surface area contributed by atoms with E-state index >= 15 is 0 Å². The van der Waals surface area contributed by atoms with Crippen LogP contribution in [0.4, 0.5) is 13.9 Å². The maximum Gasteiger partial charge on any atom is 0.267 e. The third kappa shape index (κ3) is 3.63. The number of anilines is 1. The summed E-state index contributed by atoms with van der Waals surface area (Å²) in [5, 5.41) is 5.23. The topological polar surface area (TPSA) is 76.9 Å². The number of benzene rings is 1. The highest BCUT2D eigenvalue weighted by molar-refractivity contribution is 7.21. The van der Waals surface area contributed by atoms with Crippen molar-refractivity contribution in [3.63, 3.8) is 0 Å². The lowest BCUT2D eigenvalue weighted by atomic mass is 10.2. The molecule has 1 aliphatic rings. The average Bonchev–Trinajstić information content (AvgIpc) is 3.27. The Kier molecular flexibility index (Phi) is 5.34. The highest BCUT2D eigenvalue weighted by Crippen LogP contribution is 2.31. The van der Waals surface area contributed by atoms with Crippen LogP contribution >= 0.6 is 22.7 Å². The van der Waals surface area contributed by atoms with Gasteiger partial charge in [0.2, 0.25) is 0 Å². The smallest absolute Gasteiger partial charge is 0.267 e. The molecule has 164 valence electrons. The Morgan fingerprint density at radius 2 is 2.00 bits per heavy atom. The van der Waals surface area contributed by atoms with E-state index in [1.54, 1.807) is 16.9 Å². The molecule has 4 aromatic rings. The van der Waals surface area contributed by atoms with Crippen molar-refractivity contribution < 1.29 is 13.6 Å². The van der Waals surface area contributed by atoms with Gasteiger partial charge in [-0.25, -0.2) is 18.7 Å². The second kappa shape index (κ2) is 8.18. The SMILES string of the molecule is Cc1c(C(=O)Nc2nc(-c3ccc(F)c(F)c3)cs2)sc2nc3n(c(=O)c12)CCCCC3. The Hall–Kier alpha value is -2.98. The van der Waals surface area contributed by atoms with Crippen LogP contribution in [-0.4, -0.2) is 20.4 Å². The molecule has 1 N–H and O–H groups in total. The molecule has 32 heavy (non-hydrogen) atoms. The van der Waals surface area contributed by atoms with Gasteiger partial charge in [0, 0.05) is 23.9 Å². The minimum atomic E-state index is -0.959. The fourth-order valence-electron chi connectivity index (χ4n) is 3.90. The second-order valence-electron chi connectivity index (χ2n) is 7.65. The van der Waals surface area contributed by atoms with Gasteiger partial charge in [-0.05, 0) is 43.5 Å². The van der Waals surface area contributed by atoms with Gasteiger partial charge in [-0.3, -0.25) is 19.5 Å². The molecule has 1 amide bonds. The highest BCUT2D eigenvalue weighted by atomic mass is 32.1. The molecule has 10 heteroatoms. The average molecular weight is 473 g/mol. The van der Waals surface area contributed by atoms with E-state index in [1.807, 2.05) is 0 Å². The summed E-state index contributed by atoms with van der Waals surface area (Å²) in [5.74, 6) is -1.49. The molecule has 1 aromatic carbocycles. The summed E-state index contributed by atoms with van der Waals surface area (Å²) in [4.78, 5) is 36.0. The number of halogens is 2. The van der Waals surface area contributed by atoms with E-state index < -0.39 is 11.6 Å². The van der Waals surface area contributed by atoms with Gasteiger partial charge in [0.05, 0.1) is 16.0 Å². The van der Waals surface area contributed by atoms with Crippen LogP contribution < -0.4 is 10.9 Å². The van der Waals surface area contributed by atoms with Crippen LogP contribution in [0.1, 0.15) is 40.3 Å². The Balaban J connectivity index is 1.45. The molecule has 6 nitrogen and oxygen atoms in total. The number of carbonyl (C=O) groups excluding carboxylic acids is 1. The van der Waals surface area contributed by atoms with E-state index in [-0.39, 0.29) is 11.5 Å². The van der Waals surface area contributed by atoms with E-state index in [2.05, 4.69) is 15.3 Å². The summed E-state index contributed by atoms with van der Waals surface area (Å²) < 4.78 is 28.4. The van der Waals surface area contributed by atoms with E-state index in [1.165, 1.54) is 28.7 Å². The fourth-order valence-corrected chi connectivity index (χ4v) is 5.70. The molecule has 0 saturated heterocycles. The minimum Gasteiger partial charge on any atom is -0.297 e. The molecule has 0 fully saturated rings. The molecule has 0 spiro atoms. The van der Waals surface area contributed by atoms with Crippen molar-refractivity contribution in [1.29, 1.82) is 0 Å². The normalized spacial score (nSPS) is 13.7. The molecule has 3 aromatic heterocycles. The molecule has 0 saturated carbocycles. The number of fused-ring (bicyclic) bond motifs is 2. The van der Waals surface area contributed by atoms with Crippen molar-refractivity contribution in [2.75, 3.05) is 5.32 Å². The summed E-state index contributed by atoms with van der Waals surface area (Å²) in [7, 11) is 0. The quantitative estimate of drug-likeness (QED) is 0.448. The zero-order valence-corrected chi connectivity index (χ0v) is 18.7. The number of amides is 1. The van der Waals surface area contributed by atoms with Gasteiger partial charge in [0.1, 0.15) is 10.7 Å². The van der Waals surface area contributed by atoms with E-state index in [0.29, 0.717) is 43.6 Å². The predicted molar refractivity (Wildman–Crippen MR) is 122 cm³/mol. The molecule has 0 unspecified atom stereocenters. The number of rotatable bonds is 3. The zero-order valence-electron chi connectivity index (χ0n) is 17.1. The number of aryl methyl sites for hydroxylation is 2. The maximum atomic E-state index is 13.5. The first-order chi connectivity index (χ1) is 15.4. The van der Waals surface area contributed by atoms with Gasteiger partial charge in [0.15, 0.2) is 16.8 Å². The maximum absolute atomic E-state index is 13.5. The van der Waals surface area contributed by atoms with Crippen LogP contribution in [0, 0.1) is 18.6 Å². The number of thiophene rings is 1. The van der Waals surface area contributed by atoms with E-state index in [9.17, 15) is 18.4 Å². The van der Waals surface area contributed by atoms with Crippen LogP contribution in [-0.2, 0) is 13.0 Å². The fraction of sp³-hybridized carbons (Fsp3) is 0.273. The first kappa shape index (κ1) is 20.9. The van der Waals surface area contributed by atoms with Crippen molar-refractivity contribution in [3.05, 3.63) is 61.8 Å². The van der Waals surface area contributed by atoms with Gasteiger partial charge in [0.25, 0.3) is 11.5 Å². The Morgan fingerprint density at radius 3 is 2.81 bits per heavy atom. The van der Waals surface area contributed by atoms with Crippen LogP contribution in [0.15, 0.2) is 28.4 Å². The molecule has 4 heterocycles. The summed E-state index contributed by atoms with van der Waals surface area (Å²) in [5.41, 5.74) is 1.37. The van der Waals surface area contributed by atoms with Crippen molar-refractivity contribution in [2.45, 2.75) is 39.2 Å². The van der Waals surface area contributed by atoms with Gasteiger partial charge in [-0.1, -0.05) is 6.42 Å². The van der Waals surface area contributed by atoms with Gasteiger partial charge in [-0.15, -0.1) is 22.7 Å². The van der Waals surface area contributed by atoms with Crippen molar-refractivity contribution in [3.8, 4) is 11.3 Å². The van der Waals surface area contributed by atoms with E-state index in [0.717, 1.165) is 43.6 Å². The van der Waals surface area contributed by atoms with Crippen LogP contribution in [0.25, 0.3) is 21.5 Å². The standard InChI is InChI=1S/C22H18F2N4O2S2/c1-11-17-20(26-16-5-3-2-4-8-28(16)21(17)30)32-18(11)19(29)27-22-25-15(10-31-22)12-6-7-13(23)14(24)9-12/h6-7,9-10H,2-5,8H2,1H3,(H,25,27,29). The number of hydrogen-bond donors (Lipinski definition) is 1. The van der Waals surface area contributed by atoms with E-state index in [4.69, 9.17) is 0 Å². The van der Waals surface area contributed by atoms with Crippen LogP contribution in [0.3, 0.4) is 0 Å². The third-order valence-corrected chi connectivity index (χ3v) is 7.50. The molecule has 0 atom stereocenters. The van der Waals surface area contributed by atoms with Gasteiger partial charge < -0.3 is 0 Å². The Bertz CT molecular complexity index is 1420. The molecular formula is C22H18F2N4O2S2. The largest absolute Gasteiger partial charge is 0.297 e. The Labute approximate surface area is 189 Å². The van der Waals surface area contributed by atoms with Crippen molar-refractivity contribution in [1.82, 2.24) is 14.5 Å². The van der Waals surface area contributed by atoms with Crippen molar-refractivity contribution >= 4 is 43.9 Å². The number of aromatic nitrogens is 3. The molecule has 0 aliphatic carbocycles.